The molecule has 0 amide bonds. The molecular formula is C13H26N2. The van der Waals surface area contributed by atoms with Gasteiger partial charge in [0.1, 0.15) is 0 Å². The van der Waals surface area contributed by atoms with Crippen LogP contribution in [0.2, 0.25) is 0 Å². The topological polar surface area (TPSA) is 15.3 Å². The van der Waals surface area contributed by atoms with Crippen LogP contribution in [0.4, 0.5) is 0 Å². The largest absolute Gasteiger partial charge is 0.315 e. The summed E-state index contributed by atoms with van der Waals surface area (Å²) in [5.74, 6) is 0. The van der Waals surface area contributed by atoms with Crippen molar-refractivity contribution in [1.82, 2.24) is 10.2 Å². The van der Waals surface area contributed by atoms with Gasteiger partial charge in [0.15, 0.2) is 0 Å². The van der Waals surface area contributed by atoms with Gasteiger partial charge in [0.2, 0.25) is 0 Å². The molecule has 0 spiro atoms. The summed E-state index contributed by atoms with van der Waals surface area (Å²) in [6.45, 7) is 10.8. The fourth-order valence-corrected chi connectivity index (χ4v) is 2.34. The summed E-state index contributed by atoms with van der Waals surface area (Å²) in [6, 6.07) is 0.781. The summed E-state index contributed by atoms with van der Waals surface area (Å²) in [5, 5.41) is 3.48. The highest BCUT2D eigenvalue weighted by Gasteiger charge is 2.20. The van der Waals surface area contributed by atoms with Gasteiger partial charge in [0, 0.05) is 12.6 Å². The molecule has 1 aliphatic rings. The average Bonchev–Trinajstić information content (AvgIpc) is 2.28. The van der Waals surface area contributed by atoms with Crippen LogP contribution < -0.4 is 5.32 Å². The number of rotatable bonds is 7. The lowest BCUT2D eigenvalue weighted by Crippen LogP contribution is -2.45. The highest BCUT2D eigenvalue weighted by Crippen LogP contribution is 2.16. The van der Waals surface area contributed by atoms with Crippen molar-refractivity contribution in [2.24, 2.45) is 0 Å². The zero-order chi connectivity index (χ0) is 10.9. The summed E-state index contributed by atoms with van der Waals surface area (Å²) in [5.41, 5.74) is 0. The van der Waals surface area contributed by atoms with Gasteiger partial charge in [-0.3, -0.25) is 4.90 Å². The van der Waals surface area contributed by atoms with Crippen LogP contribution in [0, 0.1) is 0 Å². The fraction of sp³-hybridized carbons (Fsp3) is 0.846. The second kappa shape index (κ2) is 7.89. The van der Waals surface area contributed by atoms with Crippen LogP contribution in [0.15, 0.2) is 12.7 Å². The third-order valence-electron chi connectivity index (χ3n) is 3.23. The minimum absolute atomic E-state index is 0.781. The van der Waals surface area contributed by atoms with Crippen molar-refractivity contribution >= 4 is 0 Å². The maximum atomic E-state index is 3.78. The lowest BCUT2D eigenvalue weighted by molar-refractivity contribution is 0.145. The number of likely N-dealkylation sites (tertiary alicyclic amines) is 1. The summed E-state index contributed by atoms with van der Waals surface area (Å²) >= 11 is 0. The highest BCUT2D eigenvalue weighted by molar-refractivity contribution is 4.79. The SMILES string of the molecule is C=CCCCN1CCCCC1CNCC. The molecule has 1 saturated heterocycles. The predicted molar refractivity (Wildman–Crippen MR) is 67.2 cm³/mol. The third-order valence-corrected chi connectivity index (χ3v) is 3.23. The molecule has 1 N–H and O–H groups in total. The van der Waals surface area contributed by atoms with Gasteiger partial charge in [-0.1, -0.05) is 19.4 Å². The molecular weight excluding hydrogens is 184 g/mol. The average molecular weight is 210 g/mol. The van der Waals surface area contributed by atoms with Crippen LogP contribution in [0.25, 0.3) is 0 Å². The zero-order valence-corrected chi connectivity index (χ0v) is 10.2. The van der Waals surface area contributed by atoms with E-state index in [4.69, 9.17) is 0 Å². The first-order valence-electron chi connectivity index (χ1n) is 6.44. The van der Waals surface area contributed by atoms with E-state index in [1.165, 1.54) is 45.3 Å². The van der Waals surface area contributed by atoms with Crippen molar-refractivity contribution in [2.45, 2.75) is 45.1 Å². The Labute approximate surface area is 94.7 Å². The second-order valence-electron chi connectivity index (χ2n) is 4.42. The van der Waals surface area contributed by atoms with Gasteiger partial charge in [-0.25, -0.2) is 0 Å². The van der Waals surface area contributed by atoms with Crippen LogP contribution in [-0.4, -0.2) is 37.1 Å². The number of likely N-dealkylation sites (N-methyl/N-ethyl adjacent to an activating group) is 1. The van der Waals surface area contributed by atoms with Crippen molar-refractivity contribution in [1.29, 1.82) is 0 Å². The quantitative estimate of drug-likeness (QED) is 0.513. The lowest BCUT2D eigenvalue weighted by Gasteiger charge is -2.35. The summed E-state index contributed by atoms with van der Waals surface area (Å²) in [4.78, 5) is 2.66. The van der Waals surface area contributed by atoms with Gasteiger partial charge in [-0.05, 0) is 45.3 Å². The fourth-order valence-electron chi connectivity index (χ4n) is 2.34. The van der Waals surface area contributed by atoms with Crippen LogP contribution in [0.5, 0.6) is 0 Å². The van der Waals surface area contributed by atoms with Crippen LogP contribution in [0.1, 0.15) is 39.0 Å². The molecule has 0 aromatic heterocycles. The van der Waals surface area contributed by atoms with Crippen LogP contribution in [0.3, 0.4) is 0 Å². The standard InChI is InChI=1S/C13H26N2/c1-3-5-7-10-15-11-8-6-9-13(15)12-14-4-2/h3,13-14H,1,4-12H2,2H3. The van der Waals surface area contributed by atoms with E-state index in [0.717, 1.165) is 19.0 Å². The second-order valence-corrected chi connectivity index (χ2v) is 4.42. The van der Waals surface area contributed by atoms with E-state index in [1.54, 1.807) is 0 Å². The molecule has 1 unspecified atom stereocenters. The molecule has 0 aromatic rings. The Bertz CT molecular complexity index is 168. The molecule has 0 aliphatic carbocycles. The number of hydrogen-bond acceptors (Lipinski definition) is 2. The molecule has 0 radical (unpaired) electrons. The van der Waals surface area contributed by atoms with E-state index < -0.39 is 0 Å². The number of nitrogens with one attached hydrogen (secondary N) is 1. The Morgan fingerprint density at radius 3 is 3.07 bits per heavy atom. The zero-order valence-electron chi connectivity index (χ0n) is 10.2. The molecule has 0 bridgehead atoms. The van der Waals surface area contributed by atoms with E-state index in [9.17, 15) is 0 Å². The minimum Gasteiger partial charge on any atom is -0.315 e. The summed E-state index contributed by atoms with van der Waals surface area (Å²) in [7, 11) is 0. The monoisotopic (exact) mass is 210 g/mol. The first-order chi connectivity index (χ1) is 7.38. The van der Waals surface area contributed by atoms with E-state index in [-0.39, 0.29) is 0 Å². The highest BCUT2D eigenvalue weighted by atomic mass is 15.2. The Morgan fingerprint density at radius 2 is 2.33 bits per heavy atom. The molecule has 0 saturated carbocycles. The molecule has 88 valence electrons. The molecule has 1 rings (SSSR count). The molecule has 1 fully saturated rings. The Balaban J connectivity index is 2.25. The lowest BCUT2D eigenvalue weighted by atomic mass is 10.0. The first kappa shape index (κ1) is 12.7. The number of unbranched alkanes of at least 4 members (excludes halogenated alkanes) is 1. The van der Waals surface area contributed by atoms with Gasteiger partial charge < -0.3 is 5.32 Å². The Hall–Kier alpha value is -0.340. The third kappa shape index (κ3) is 4.80. The molecule has 1 aliphatic heterocycles. The van der Waals surface area contributed by atoms with Crippen LogP contribution >= 0.6 is 0 Å². The summed E-state index contributed by atoms with van der Waals surface area (Å²) < 4.78 is 0. The van der Waals surface area contributed by atoms with Crippen molar-refractivity contribution in [3.05, 3.63) is 12.7 Å². The van der Waals surface area contributed by atoms with Crippen molar-refractivity contribution in [3.8, 4) is 0 Å². The van der Waals surface area contributed by atoms with Crippen molar-refractivity contribution in [2.75, 3.05) is 26.2 Å². The first-order valence-corrected chi connectivity index (χ1v) is 6.44. The smallest absolute Gasteiger partial charge is 0.0220 e. The van der Waals surface area contributed by atoms with E-state index in [2.05, 4.69) is 23.7 Å². The van der Waals surface area contributed by atoms with Crippen molar-refractivity contribution < 1.29 is 0 Å². The molecule has 15 heavy (non-hydrogen) atoms. The van der Waals surface area contributed by atoms with Crippen molar-refractivity contribution in [3.63, 3.8) is 0 Å². The number of allylic oxidation sites excluding steroid dienone is 1. The van der Waals surface area contributed by atoms with Gasteiger partial charge in [0.25, 0.3) is 0 Å². The molecule has 1 atom stereocenters. The number of piperidine rings is 1. The molecule has 1 heterocycles. The van der Waals surface area contributed by atoms with Gasteiger partial charge >= 0.3 is 0 Å². The van der Waals surface area contributed by atoms with Gasteiger partial charge in [-0.15, -0.1) is 6.58 Å². The maximum absolute atomic E-state index is 3.78. The molecule has 0 aromatic carbocycles. The van der Waals surface area contributed by atoms with Gasteiger partial charge in [0.05, 0.1) is 0 Å². The number of hydrogen-bond donors (Lipinski definition) is 1. The van der Waals surface area contributed by atoms with E-state index in [1.807, 2.05) is 6.08 Å². The minimum atomic E-state index is 0.781. The molecule has 2 nitrogen and oxygen atoms in total. The summed E-state index contributed by atoms with van der Waals surface area (Å²) in [6.07, 6.45) is 8.63. The number of nitrogens with zero attached hydrogens (tertiary/aromatic N) is 1. The normalized spacial score (nSPS) is 22.9. The Kier molecular flexibility index (Phi) is 6.69. The van der Waals surface area contributed by atoms with E-state index >= 15 is 0 Å². The molecule has 2 heteroatoms. The van der Waals surface area contributed by atoms with E-state index in [0.29, 0.717) is 0 Å². The predicted octanol–water partition coefficient (Wildman–Crippen LogP) is 2.42. The van der Waals surface area contributed by atoms with Gasteiger partial charge in [-0.2, -0.15) is 0 Å². The Morgan fingerprint density at radius 1 is 1.47 bits per heavy atom. The maximum Gasteiger partial charge on any atom is 0.0220 e. The van der Waals surface area contributed by atoms with Crippen LogP contribution in [-0.2, 0) is 0 Å².